The minimum atomic E-state index is -0.0224. The third-order valence-corrected chi connectivity index (χ3v) is 3.30. The van der Waals surface area contributed by atoms with E-state index in [0.717, 1.165) is 18.5 Å². The number of carbonyl (C=O) groups excluding carboxylic acids is 1. The van der Waals surface area contributed by atoms with Crippen LogP contribution in [-0.4, -0.2) is 48.8 Å². The lowest BCUT2D eigenvalue weighted by atomic mass is 10.2. The predicted octanol–water partition coefficient (Wildman–Crippen LogP) is 0.805. The monoisotopic (exact) mass is 265 g/mol. The number of ether oxygens (including phenoxy) is 2. The quantitative estimate of drug-likeness (QED) is 0.855. The van der Waals surface area contributed by atoms with Crippen molar-refractivity contribution < 1.29 is 19.4 Å². The molecule has 1 heterocycles. The molecule has 5 heteroatoms. The molecule has 5 nitrogen and oxygen atoms in total. The van der Waals surface area contributed by atoms with Crippen molar-refractivity contribution in [2.75, 3.05) is 26.8 Å². The third-order valence-electron chi connectivity index (χ3n) is 3.30. The van der Waals surface area contributed by atoms with Crippen molar-refractivity contribution in [3.63, 3.8) is 0 Å². The van der Waals surface area contributed by atoms with E-state index in [4.69, 9.17) is 14.6 Å². The molecule has 0 aromatic heterocycles. The number of carbonyl (C=O) groups is 1. The number of methoxy groups -OCH3 is 1. The topological polar surface area (TPSA) is 59.0 Å². The molecule has 0 saturated carbocycles. The molecule has 1 fully saturated rings. The zero-order chi connectivity index (χ0) is 13.7. The van der Waals surface area contributed by atoms with E-state index < -0.39 is 0 Å². The van der Waals surface area contributed by atoms with Gasteiger partial charge in [0.1, 0.15) is 5.75 Å². The molecule has 1 aliphatic heterocycles. The largest absolute Gasteiger partial charge is 0.484 e. The lowest BCUT2D eigenvalue weighted by Gasteiger charge is -2.16. The summed E-state index contributed by atoms with van der Waals surface area (Å²) in [5, 5.41) is 8.92. The van der Waals surface area contributed by atoms with Crippen LogP contribution in [0, 0.1) is 0 Å². The average Bonchev–Trinajstić information content (AvgIpc) is 2.94. The smallest absolute Gasteiger partial charge is 0.260 e. The molecule has 19 heavy (non-hydrogen) atoms. The lowest BCUT2D eigenvalue weighted by molar-refractivity contribution is -0.132. The van der Waals surface area contributed by atoms with Gasteiger partial charge in [-0.05, 0) is 24.1 Å². The molecular weight excluding hydrogens is 246 g/mol. The van der Waals surface area contributed by atoms with Crippen LogP contribution in [0.2, 0.25) is 0 Å². The fourth-order valence-electron chi connectivity index (χ4n) is 2.07. The van der Waals surface area contributed by atoms with E-state index in [0.29, 0.717) is 12.3 Å². The minimum Gasteiger partial charge on any atom is -0.484 e. The van der Waals surface area contributed by atoms with Crippen molar-refractivity contribution in [1.82, 2.24) is 4.90 Å². The van der Waals surface area contributed by atoms with Gasteiger partial charge in [-0.3, -0.25) is 4.79 Å². The van der Waals surface area contributed by atoms with Gasteiger partial charge in [0.2, 0.25) is 0 Å². The van der Waals surface area contributed by atoms with Crippen molar-refractivity contribution in [3.05, 3.63) is 29.8 Å². The van der Waals surface area contributed by atoms with Gasteiger partial charge in [-0.1, -0.05) is 12.1 Å². The summed E-state index contributed by atoms with van der Waals surface area (Å²) >= 11 is 0. The van der Waals surface area contributed by atoms with E-state index in [9.17, 15) is 4.79 Å². The van der Waals surface area contributed by atoms with Crippen LogP contribution in [-0.2, 0) is 16.1 Å². The Balaban J connectivity index is 1.80. The highest BCUT2D eigenvalue weighted by Gasteiger charge is 2.25. The number of benzene rings is 1. The molecule has 2 rings (SSSR count). The summed E-state index contributed by atoms with van der Waals surface area (Å²) in [6, 6.07) is 7.05. The Morgan fingerprint density at radius 2 is 2.16 bits per heavy atom. The number of hydrogen-bond acceptors (Lipinski definition) is 4. The molecule has 1 atom stereocenters. The molecule has 1 aliphatic rings. The highest BCUT2D eigenvalue weighted by Crippen LogP contribution is 2.14. The zero-order valence-electron chi connectivity index (χ0n) is 11.0. The number of aliphatic hydroxyl groups is 1. The van der Waals surface area contributed by atoms with Crippen LogP contribution < -0.4 is 4.74 Å². The van der Waals surface area contributed by atoms with Gasteiger partial charge in [0.15, 0.2) is 6.61 Å². The SMILES string of the molecule is COC1CCN(C(=O)COc2ccc(CO)cc2)C1. The first-order valence-electron chi connectivity index (χ1n) is 6.36. The van der Waals surface area contributed by atoms with E-state index in [2.05, 4.69) is 0 Å². The second-order valence-corrected chi connectivity index (χ2v) is 4.58. The highest BCUT2D eigenvalue weighted by molar-refractivity contribution is 5.78. The first-order valence-corrected chi connectivity index (χ1v) is 6.36. The molecule has 1 aromatic rings. The van der Waals surface area contributed by atoms with Crippen LogP contribution in [0.4, 0.5) is 0 Å². The average molecular weight is 265 g/mol. The van der Waals surface area contributed by atoms with Gasteiger partial charge in [-0.15, -0.1) is 0 Å². The van der Waals surface area contributed by atoms with Crippen LogP contribution in [0.3, 0.4) is 0 Å². The van der Waals surface area contributed by atoms with Gasteiger partial charge < -0.3 is 19.5 Å². The second-order valence-electron chi connectivity index (χ2n) is 4.58. The van der Waals surface area contributed by atoms with Crippen molar-refractivity contribution in [1.29, 1.82) is 0 Å². The van der Waals surface area contributed by atoms with Crippen molar-refractivity contribution in [3.8, 4) is 5.75 Å². The van der Waals surface area contributed by atoms with Gasteiger partial charge in [0.05, 0.1) is 12.7 Å². The third kappa shape index (κ3) is 3.68. The molecule has 1 N–H and O–H groups in total. The van der Waals surface area contributed by atoms with Crippen molar-refractivity contribution in [2.45, 2.75) is 19.1 Å². The second kappa shape index (κ2) is 6.54. The number of rotatable bonds is 5. The minimum absolute atomic E-state index is 0.00535. The predicted molar refractivity (Wildman–Crippen MR) is 69.9 cm³/mol. The van der Waals surface area contributed by atoms with Crippen LogP contribution in [0.15, 0.2) is 24.3 Å². The maximum absolute atomic E-state index is 11.9. The van der Waals surface area contributed by atoms with Crippen molar-refractivity contribution >= 4 is 5.91 Å². The van der Waals surface area contributed by atoms with E-state index in [-0.39, 0.29) is 25.2 Å². The Morgan fingerprint density at radius 1 is 1.42 bits per heavy atom. The fraction of sp³-hybridized carbons (Fsp3) is 0.500. The van der Waals surface area contributed by atoms with Gasteiger partial charge in [-0.25, -0.2) is 0 Å². The standard InChI is InChI=1S/C14H19NO4/c1-18-13-6-7-15(8-13)14(17)10-19-12-4-2-11(9-16)3-5-12/h2-5,13,16H,6-10H2,1H3. The molecular formula is C14H19NO4. The van der Waals surface area contributed by atoms with Crippen LogP contribution in [0.5, 0.6) is 5.75 Å². The molecule has 1 unspecified atom stereocenters. The summed E-state index contributed by atoms with van der Waals surface area (Å²) in [5.41, 5.74) is 0.821. The number of amides is 1. The summed E-state index contributed by atoms with van der Waals surface area (Å²) in [4.78, 5) is 13.7. The van der Waals surface area contributed by atoms with Gasteiger partial charge in [-0.2, -0.15) is 0 Å². The molecule has 104 valence electrons. The summed E-state index contributed by atoms with van der Waals surface area (Å²) in [7, 11) is 1.66. The maximum atomic E-state index is 11.9. The zero-order valence-corrected chi connectivity index (χ0v) is 11.0. The van der Waals surface area contributed by atoms with E-state index in [1.807, 2.05) is 0 Å². The Labute approximate surface area is 112 Å². The maximum Gasteiger partial charge on any atom is 0.260 e. The number of hydrogen-bond donors (Lipinski definition) is 1. The van der Waals surface area contributed by atoms with E-state index >= 15 is 0 Å². The number of nitrogens with zero attached hydrogens (tertiary/aromatic N) is 1. The first-order chi connectivity index (χ1) is 9.22. The van der Waals surface area contributed by atoms with Crippen LogP contribution in [0.1, 0.15) is 12.0 Å². The highest BCUT2D eigenvalue weighted by atomic mass is 16.5. The molecule has 0 radical (unpaired) electrons. The summed E-state index contributed by atoms with van der Waals surface area (Å²) in [6.45, 7) is 1.41. The lowest BCUT2D eigenvalue weighted by Crippen LogP contribution is -2.33. The van der Waals surface area contributed by atoms with Gasteiger partial charge in [0, 0.05) is 20.2 Å². The van der Waals surface area contributed by atoms with E-state index in [1.165, 1.54) is 0 Å². The van der Waals surface area contributed by atoms with Crippen LogP contribution >= 0.6 is 0 Å². The molecule has 1 aromatic carbocycles. The summed E-state index contributed by atoms with van der Waals surface area (Å²) in [5.74, 6) is 0.610. The van der Waals surface area contributed by atoms with E-state index in [1.54, 1.807) is 36.3 Å². The number of aliphatic hydroxyl groups excluding tert-OH is 1. The molecule has 1 amide bonds. The Bertz CT molecular complexity index is 418. The first kappa shape index (κ1) is 13.8. The Kier molecular flexibility index (Phi) is 4.76. The van der Waals surface area contributed by atoms with Crippen molar-refractivity contribution in [2.24, 2.45) is 0 Å². The number of likely N-dealkylation sites (tertiary alicyclic amines) is 1. The fourth-order valence-corrected chi connectivity index (χ4v) is 2.07. The molecule has 0 spiro atoms. The van der Waals surface area contributed by atoms with Gasteiger partial charge >= 0.3 is 0 Å². The van der Waals surface area contributed by atoms with Gasteiger partial charge in [0.25, 0.3) is 5.91 Å². The molecule has 0 bridgehead atoms. The Morgan fingerprint density at radius 3 is 2.74 bits per heavy atom. The summed E-state index contributed by atoms with van der Waals surface area (Å²) < 4.78 is 10.7. The van der Waals surface area contributed by atoms with Crippen LogP contribution in [0.25, 0.3) is 0 Å². The molecule has 0 aliphatic carbocycles. The Hall–Kier alpha value is -1.59. The molecule has 1 saturated heterocycles. The summed E-state index contributed by atoms with van der Waals surface area (Å²) in [6.07, 6.45) is 1.03. The normalized spacial score (nSPS) is 18.6.